The van der Waals surface area contributed by atoms with Crippen molar-refractivity contribution in [2.75, 3.05) is 11.9 Å². The first-order chi connectivity index (χ1) is 10.5. The second-order valence-corrected chi connectivity index (χ2v) is 4.44. The molecule has 2 aromatic rings. The molecule has 1 heterocycles. The van der Waals surface area contributed by atoms with E-state index in [4.69, 9.17) is 4.74 Å². The standard InChI is InChI=1S/C15H12F2N2O3/c1-9-2-3-10(7-18-9)15(21)22-8-14(20)19-13-6-11(16)4-5-12(13)17/h2-7H,8H2,1H3,(H,19,20). The fourth-order valence-corrected chi connectivity index (χ4v) is 1.58. The first kappa shape index (κ1) is 15.6. The highest BCUT2D eigenvalue weighted by molar-refractivity contribution is 5.95. The number of aryl methyl sites for hydroxylation is 1. The third-order valence-corrected chi connectivity index (χ3v) is 2.68. The van der Waals surface area contributed by atoms with E-state index in [0.29, 0.717) is 0 Å². The average molecular weight is 306 g/mol. The number of nitrogens with zero attached hydrogens (tertiary/aromatic N) is 1. The number of amides is 1. The average Bonchev–Trinajstić information content (AvgIpc) is 2.49. The summed E-state index contributed by atoms with van der Waals surface area (Å²) in [6.07, 6.45) is 1.32. The summed E-state index contributed by atoms with van der Waals surface area (Å²) in [5.74, 6) is -3.00. The summed E-state index contributed by atoms with van der Waals surface area (Å²) in [5.41, 5.74) is 0.601. The first-order valence-corrected chi connectivity index (χ1v) is 6.30. The largest absolute Gasteiger partial charge is 0.452 e. The highest BCUT2D eigenvalue weighted by Crippen LogP contribution is 2.15. The number of carbonyl (C=O) groups excluding carboxylic acids is 2. The number of nitrogens with one attached hydrogen (secondary N) is 1. The maximum atomic E-state index is 13.3. The molecule has 5 nitrogen and oxygen atoms in total. The monoisotopic (exact) mass is 306 g/mol. The van der Waals surface area contributed by atoms with E-state index in [1.165, 1.54) is 12.3 Å². The summed E-state index contributed by atoms with van der Waals surface area (Å²) >= 11 is 0. The zero-order chi connectivity index (χ0) is 16.1. The second kappa shape index (κ2) is 6.75. The Hall–Kier alpha value is -2.83. The maximum Gasteiger partial charge on any atom is 0.340 e. The Balaban J connectivity index is 1.91. The van der Waals surface area contributed by atoms with Crippen molar-refractivity contribution in [3.05, 3.63) is 59.4 Å². The third-order valence-electron chi connectivity index (χ3n) is 2.68. The number of hydrogen-bond acceptors (Lipinski definition) is 4. The van der Waals surface area contributed by atoms with Crippen molar-refractivity contribution < 1.29 is 23.1 Å². The van der Waals surface area contributed by atoms with Gasteiger partial charge in [0, 0.05) is 18.0 Å². The lowest BCUT2D eigenvalue weighted by Gasteiger charge is -2.07. The van der Waals surface area contributed by atoms with Crippen molar-refractivity contribution in [3.8, 4) is 0 Å². The highest BCUT2D eigenvalue weighted by atomic mass is 19.1. The van der Waals surface area contributed by atoms with Crippen LogP contribution in [0.4, 0.5) is 14.5 Å². The van der Waals surface area contributed by atoms with Crippen LogP contribution in [0.2, 0.25) is 0 Å². The molecule has 1 aromatic heterocycles. The van der Waals surface area contributed by atoms with Crippen LogP contribution in [0.5, 0.6) is 0 Å². The zero-order valence-electron chi connectivity index (χ0n) is 11.6. The van der Waals surface area contributed by atoms with Gasteiger partial charge in [-0.2, -0.15) is 0 Å². The van der Waals surface area contributed by atoms with E-state index < -0.39 is 30.1 Å². The van der Waals surface area contributed by atoms with Gasteiger partial charge in [-0.25, -0.2) is 13.6 Å². The fraction of sp³-hybridized carbons (Fsp3) is 0.133. The van der Waals surface area contributed by atoms with Gasteiger partial charge in [0.25, 0.3) is 5.91 Å². The van der Waals surface area contributed by atoms with Crippen LogP contribution in [0.3, 0.4) is 0 Å². The SMILES string of the molecule is Cc1ccc(C(=O)OCC(=O)Nc2cc(F)ccc2F)cn1. The minimum Gasteiger partial charge on any atom is -0.452 e. The molecule has 0 fully saturated rings. The molecule has 0 saturated carbocycles. The first-order valence-electron chi connectivity index (χ1n) is 6.30. The van der Waals surface area contributed by atoms with Gasteiger partial charge in [-0.05, 0) is 31.2 Å². The number of anilines is 1. The van der Waals surface area contributed by atoms with E-state index >= 15 is 0 Å². The zero-order valence-corrected chi connectivity index (χ0v) is 11.6. The molecule has 0 radical (unpaired) electrons. The van der Waals surface area contributed by atoms with E-state index in [0.717, 1.165) is 23.9 Å². The van der Waals surface area contributed by atoms with Crippen molar-refractivity contribution in [1.82, 2.24) is 4.98 Å². The Morgan fingerprint density at radius 3 is 2.68 bits per heavy atom. The second-order valence-electron chi connectivity index (χ2n) is 4.44. The van der Waals surface area contributed by atoms with Gasteiger partial charge in [-0.15, -0.1) is 0 Å². The minimum atomic E-state index is -0.788. The van der Waals surface area contributed by atoms with E-state index in [1.54, 1.807) is 13.0 Å². The van der Waals surface area contributed by atoms with Gasteiger partial charge in [-0.1, -0.05) is 0 Å². The van der Waals surface area contributed by atoms with Crippen molar-refractivity contribution in [2.24, 2.45) is 0 Å². The molecule has 0 bridgehead atoms. The predicted molar refractivity (Wildman–Crippen MR) is 74.2 cm³/mol. The Kier molecular flexibility index (Phi) is 4.77. The van der Waals surface area contributed by atoms with Crippen molar-refractivity contribution in [1.29, 1.82) is 0 Å². The normalized spacial score (nSPS) is 10.1. The Morgan fingerprint density at radius 2 is 2.00 bits per heavy atom. The molecule has 7 heteroatoms. The van der Waals surface area contributed by atoms with Gasteiger partial charge < -0.3 is 10.1 Å². The lowest BCUT2D eigenvalue weighted by molar-refractivity contribution is -0.119. The lowest BCUT2D eigenvalue weighted by Crippen LogP contribution is -2.21. The molecule has 0 aliphatic heterocycles. The summed E-state index contributed by atoms with van der Waals surface area (Å²) < 4.78 is 31.1. The quantitative estimate of drug-likeness (QED) is 0.881. The number of ether oxygens (including phenoxy) is 1. The predicted octanol–water partition coefficient (Wildman–Crippen LogP) is 2.46. The van der Waals surface area contributed by atoms with Crippen molar-refractivity contribution >= 4 is 17.6 Å². The number of pyridine rings is 1. The molecule has 0 atom stereocenters. The number of aromatic nitrogens is 1. The minimum absolute atomic E-state index is 0.190. The topological polar surface area (TPSA) is 68.3 Å². The fourth-order valence-electron chi connectivity index (χ4n) is 1.58. The molecular weight excluding hydrogens is 294 g/mol. The molecule has 22 heavy (non-hydrogen) atoms. The Labute approximate surface area is 124 Å². The van der Waals surface area contributed by atoms with Crippen LogP contribution in [0, 0.1) is 18.6 Å². The van der Waals surface area contributed by atoms with Gasteiger partial charge in [0.05, 0.1) is 11.3 Å². The molecule has 0 unspecified atom stereocenters. The van der Waals surface area contributed by atoms with Gasteiger partial charge in [-0.3, -0.25) is 9.78 Å². The van der Waals surface area contributed by atoms with Gasteiger partial charge in [0.2, 0.25) is 0 Å². The van der Waals surface area contributed by atoms with Gasteiger partial charge in [0.15, 0.2) is 6.61 Å². The molecule has 1 aromatic carbocycles. The molecule has 0 aliphatic rings. The summed E-state index contributed by atoms with van der Waals surface area (Å²) in [6, 6.07) is 5.77. The van der Waals surface area contributed by atoms with Crippen LogP contribution in [0.15, 0.2) is 36.5 Å². The highest BCUT2D eigenvalue weighted by Gasteiger charge is 2.12. The molecule has 0 spiro atoms. The van der Waals surface area contributed by atoms with Crippen molar-refractivity contribution in [2.45, 2.75) is 6.92 Å². The molecule has 1 amide bonds. The van der Waals surface area contributed by atoms with Gasteiger partial charge >= 0.3 is 5.97 Å². The van der Waals surface area contributed by atoms with Crippen molar-refractivity contribution in [3.63, 3.8) is 0 Å². The van der Waals surface area contributed by atoms with Crippen LogP contribution in [0.1, 0.15) is 16.1 Å². The van der Waals surface area contributed by atoms with Crippen LogP contribution in [-0.2, 0) is 9.53 Å². The molecule has 1 N–H and O–H groups in total. The molecule has 0 saturated heterocycles. The Bertz CT molecular complexity index is 702. The number of benzene rings is 1. The smallest absolute Gasteiger partial charge is 0.340 e. The number of esters is 1. The summed E-state index contributed by atoms with van der Waals surface area (Å²) in [4.78, 5) is 27.2. The maximum absolute atomic E-state index is 13.3. The van der Waals surface area contributed by atoms with E-state index in [1.807, 2.05) is 0 Å². The molecule has 0 aliphatic carbocycles. The lowest BCUT2D eigenvalue weighted by atomic mass is 10.2. The van der Waals surface area contributed by atoms with Crippen LogP contribution >= 0.6 is 0 Å². The van der Waals surface area contributed by atoms with E-state index in [-0.39, 0.29) is 11.3 Å². The Morgan fingerprint density at radius 1 is 1.23 bits per heavy atom. The van der Waals surface area contributed by atoms with Crippen LogP contribution < -0.4 is 5.32 Å². The summed E-state index contributed by atoms with van der Waals surface area (Å²) in [7, 11) is 0. The number of hydrogen-bond donors (Lipinski definition) is 1. The number of rotatable bonds is 4. The summed E-state index contributed by atoms with van der Waals surface area (Å²) in [6.45, 7) is 1.14. The van der Waals surface area contributed by atoms with E-state index in [9.17, 15) is 18.4 Å². The van der Waals surface area contributed by atoms with Crippen LogP contribution in [-0.4, -0.2) is 23.5 Å². The third kappa shape index (κ3) is 4.08. The van der Waals surface area contributed by atoms with Gasteiger partial charge in [0.1, 0.15) is 11.6 Å². The summed E-state index contributed by atoms with van der Waals surface area (Å²) in [5, 5.41) is 2.12. The number of carbonyl (C=O) groups is 2. The van der Waals surface area contributed by atoms with Crippen LogP contribution in [0.25, 0.3) is 0 Å². The number of halogens is 2. The molecular formula is C15H12F2N2O3. The molecule has 114 valence electrons. The molecule has 2 rings (SSSR count). The van der Waals surface area contributed by atoms with E-state index in [2.05, 4.69) is 10.3 Å².